The maximum atomic E-state index is 13.1. The van der Waals surface area contributed by atoms with Crippen molar-refractivity contribution in [2.75, 3.05) is 13.1 Å². The Morgan fingerprint density at radius 3 is 2.73 bits per heavy atom. The van der Waals surface area contributed by atoms with Crippen LogP contribution in [0.3, 0.4) is 0 Å². The number of nitrogens with one attached hydrogen (secondary N) is 2. The number of guanidine groups is 1. The van der Waals surface area contributed by atoms with Crippen molar-refractivity contribution >= 4 is 11.9 Å². The maximum absolute atomic E-state index is 13.1. The van der Waals surface area contributed by atoms with Crippen molar-refractivity contribution < 1.29 is 18.0 Å². The number of nitrogens with zero attached hydrogens (tertiary/aromatic N) is 2. The van der Waals surface area contributed by atoms with Crippen LogP contribution in [0.5, 0.6) is 0 Å². The van der Waals surface area contributed by atoms with Gasteiger partial charge in [0.1, 0.15) is 0 Å². The van der Waals surface area contributed by atoms with E-state index < -0.39 is 12.1 Å². The first kappa shape index (κ1) is 22.4. The lowest BCUT2D eigenvalue weighted by atomic mass is 9.85. The number of aliphatic imine (C=N–C) groups is 1. The van der Waals surface area contributed by atoms with E-state index in [-0.39, 0.29) is 24.8 Å². The van der Waals surface area contributed by atoms with Gasteiger partial charge in [-0.25, -0.2) is 4.99 Å². The molecule has 2 fully saturated rings. The lowest BCUT2D eigenvalue weighted by molar-refractivity contribution is -0.183. The summed E-state index contributed by atoms with van der Waals surface area (Å²) in [5.74, 6) is -0.497. The predicted molar refractivity (Wildman–Crippen MR) is 111 cm³/mol. The van der Waals surface area contributed by atoms with Crippen molar-refractivity contribution in [1.29, 1.82) is 0 Å². The van der Waals surface area contributed by atoms with E-state index >= 15 is 0 Å². The Hall–Kier alpha value is -2.25. The van der Waals surface area contributed by atoms with Crippen LogP contribution in [0.15, 0.2) is 29.3 Å². The number of carbonyl (C=O) groups excluding carboxylic acids is 1. The van der Waals surface area contributed by atoms with E-state index in [1.807, 2.05) is 36.1 Å². The number of halogens is 3. The van der Waals surface area contributed by atoms with E-state index in [4.69, 9.17) is 0 Å². The molecule has 30 heavy (non-hydrogen) atoms. The van der Waals surface area contributed by atoms with Crippen molar-refractivity contribution in [3.63, 3.8) is 0 Å². The zero-order valence-corrected chi connectivity index (χ0v) is 17.5. The molecule has 1 aliphatic heterocycles. The second-order valence-corrected chi connectivity index (χ2v) is 8.18. The van der Waals surface area contributed by atoms with Gasteiger partial charge in [0, 0.05) is 32.1 Å². The van der Waals surface area contributed by atoms with Crippen molar-refractivity contribution in [1.82, 2.24) is 15.5 Å². The molecule has 1 aliphatic carbocycles. The van der Waals surface area contributed by atoms with Gasteiger partial charge >= 0.3 is 6.18 Å². The van der Waals surface area contributed by atoms with E-state index in [1.54, 1.807) is 0 Å². The van der Waals surface area contributed by atoms with E-state index in [9.17, 15) is 18.0 Å². The first-order valence-corrected chi connectivity index (χ1v) is 10.8. The third-order valence-electron chi connectivity index (χ3n) is 5.78. The van der Waals surface area contributed by atoms with Crippen molar-refractivity contribution in [2.45, 2.75) is 70.8 Å². The van der Waals surface area contributed by atoms with Crippen LogP contribution >= 0.6 is 0 Å². The first-order chi connectivity index (χ1) is 14.3. The van der Waals surface area contributed by atoms with Gasteiger partial charge in [0.15, 0.2) is 5.96 Å². The molecule has 8 heteroatoms. The monoisotopic (exact) mass is 424 g/mol. The Morgan fingerprint density at radius 1 is 1.23 bits per heavy atom. The van der Waals surface area contributed by atoms with E-state index in [1.165, 1.54) is 0 Å². The fourth-order valence-electron chi connectivity index (χ4n) is 4.22. The molecule has 2 aliphatic rings. The Kier molecular flexibility index (Phi) is 7.61. The van der Waals surface area contributed by atoms with Crippen LogP contribution < -0.4 is 10.6 Å². The average molecular weight is 425 g/mol. The summed E-state index contributed by atoms with van der Waals surface area (Å²) < 4.78 is 39.2. The smallest absolute Gasteiger partial charge is 0.357 e. The largest absolute Gasteiger partial charge is 0.391 e. The number of hydrogen-bond acceptors (Lipinski definition) is 2. The third-order valence-corrected chi connectivity index (χ3v) is 5.78. The molecule has 2 unspecified atom stereocenters. The van der Waals surface area contributed by atoms with E-state index in [0.29, 0.717) is 38.4 Å². The maximum Gasteiger partial charge on any atom is 0.391 e. The molecule has 1 heterocycles. The number of likely N-dealkylation sites (tertiary alicyclic amines) is 1. The van der Waals surface area contributed by atoms with Crippen molar-refractivity contribution in [3.8, 4) is 0 Å². The van der Waals surface area contributed by atoms with Gasteiger partial charge in [0.05, 0.1) is 12.5 Å². The van der Waals surface area contributed by atoms with Crippen LogP contribution in [0.4, 0.5) is 13.2 Å². The fraction of sp³-hybridized carbons (Fsp3) is 0.636. The number of carbonyl (C=O) groups is 1. The first-order valence-electron chi connectivity index (χ1n) is 10.8. The molecule has 2 N–H and O–H groups in total. The van der Waals surface area contributed by atoms with E-state index in [0.717, 1.165) is 30.5 Å². The Morgan fingerprint density at radius 2 is 2.03 bits per heavy atom. The number of hydrogen-bond donors (Lipinski definition) is 2. The Labute approximate surface area is 176 Å². The van der Waals surface area contributed by atoms with Crippen LogP contribution in [-0.4, -0.2) is 42.1 Å². The summed E-state index contributed by atoms with van der Waals surface area (Å²) in [6, 6.07) is 7.75. The molecule has 1 amide bonds. The summed E-state index contributed by atoms with van der Waals surface area (Å²) >= 11 is 0. The standard InChI is InChI=1S/C22H31F3N4O/c1-2-26-21(28-19-9-4-8-18(13-19)22(23,24)25)27-14-16-6-3-7-17(12-16)15-29-11-5-10-20(29)30/h3,6-7,12,18-19H,2,4-5,8-11,13-15H2,1H3,(H2,26,27,28). The molecule has 0 bridgehead atoms. The quantitative estimate of drug-likeness (QED) is 0.536. The van der Waals surface area contributed by atoms with E-state index in [2.05, 4.69) is 15.6 Å². The van der Waals surface area contributed by atoms with Gasteiger partial charge in [0.2, 0.25) is 5.91 Å². The second kappa shape index (κ2) is 10.2. The van der Waals surface area contributed by atoms with Crippen LogP contribution in [0.25, 0.3) is 0 Å². The summed E-state index contributed by atoms with van der Waals surface area (Å²) in [5.41, 5.74) is 2.07. The molecule has 1 aromatic rings. The van der Waals surface area contributed by atoms with Gasteiger partial charge in [-0.3, -0.25) is 4.79 Å². The molecular formula is C22H31F3N4O. The van der Waals surface area contributed by atoms with Crippen LogP contribution in [-0.2, 0) is 17.9 Å². The summed E-state index contributed by atoms with van der Waals surface area (Å²) in [6.45, 7) is 4.40. The van der Waals surface area contributed by atoms with Gasteiger partial charge in [-0.2, -0.15) is 13.2 Å². The molecule has 1 saturated heterocycles. The van der Waals surface area contributed by atoms with Gasteiger partial charge in [0.25, 0.3) is 0 Å². The minimum absolute atomic E-state index is 0.0905. The Balaban J connectivity index is 1.60. The van der Waals surface area contributed by atoms with Gasteiger partial charge in [-0.1, -0.05) is 30.7 Å². The Bertz CT molecular complexity index is 750. The van der Waals surface area contributed by atoms with Crippen LogP contribution in [0, 0.1) is 5.92 Å². The van der Waals surface area contributed by atoms with Crippen molar-refractivity contribution in [3.05, 3.63) is 35.4 Å². The predicted octanol–water partition coefficient (Wildman–Crippen LogP) is 3.99. The average Bonchev–Trinajstić information content (AvgIpc) is 3.11. The highest BCUT2D eigenvalue weighted by Crippen LogP contribution is 2.37. The van der Waals surface area contributed by atoms with Crippen LogP contribution in [0.1, 0.15) is 56.6 Å². The second-order valence-electron chi connectivity index (χ2n) is 8.18. The number of amides is 1. The highest BCUT2D eigenvalue weighted by atomic mass is 19.4. The summed E-state index contributed by atoms with van der Waals surface area (Å²) in [5, 5.41) is 6.33. The number of benzene rings is 1. The molecule has 1 saturated carbocycles. The third kappa shape index (κ3) is 6.37. The van der Waals surface area contributed by atoms with Gasteiger partial charge < -0.3 is 15.5 Å². The van der Waals surface area contributed by atoms with Crippen LogP contribution in [0.2, 0.25) is 0 Å². The molecule has 0 spiro atoms. The molecule has 0 radical (unpaired) electrons. The molecule has 5 nitrogen and oxygen atoms in total. The SMILES string of the molecule is CCNC(=NCc1cccc(CN2CCCC2=O)c1)NC1CCCC(C(F)(F)F)C1. The summed E-state index contributed by atoms with van der Waals surface area (Å²) in [6.07, 6.45) is -1.01. The summed E-state index contributed by atoms with van der Waals surface area (Å²) in [7, 11) is 0. The molecule has 0 aromatic heterocycles. The number of alkyl halides is 3. The van der Waals surface area contributed by atoms with Gasteiger partial charge in [-0.05, 0) is 43.7 Å². The zero-order valence-electron chi connectivity index (χ0n) is 17.5. The lowest BCUT2D eigenvalue weighted by Gasteiger charge is -2.31. The zero-order chi connectivity index (χ0) is 21.6. The normalized spacial score (nSPS) is 23.0. The highest BCUT2D eigenvalue weighted by Gasteiger charge is 2.42. The minimum atomic E-state index is -4.13. The minimum Gasteiger partial charge on any atom is -0.357 e. The van der Waals surface area contributed by atoms with Gasteiger partial charge in [-0.15, -0.1) is 0 Å². The summed E-state index contributed by atoms with van der Waals surface area (Å²) in [4.78, 5) is 18.3. The number of rotatable bonds is 6. The molecule has 3 rings (SSSR count). The topological polar surface area (TPSA) is 56.7 Å². The molecule has 166 valence electrons. The molecule has 1 aromatic carbocycles. The lowest BCUT2D eigenvalue weighted by Crippen LogP contribution is -2.46. The molecular weight excluding hydrogens is 393 g/mol. The fourth-order valence-corrected chi connectivity index (χ4v) is 4.22. The van der Waals surface area contributed by atoms with Crippen molar-refractivity contribution in [2.24, 2.45) is 10.9 Å². The molecule has 2 atom stereocenters. The highest BCUT2D eigenvalue weighted by molar-refractivity contribution is 5.80.